The molecule has 6 rings (SSSR count). The van der Waals surface area contributed by atoms with Crippen molar-refractivity contribution in [3.63, 3.8) is 0 Å². The summed E-state index contributed by atoms with van der Waals surface area (Å²) in [5, 5.41) is 0. The Morgan fingerprint density at radius 3 is 2.25 bits per heavy atom. The van der Waals surface area contributed by atoms with Gasteiger partial charge >= 0.3 is 5.97 Å². The van der Waals surface area contributed by atoms with Gasteiger partial charge in [-0.05, 0) is 85.9 Å². The molecule has 2 aliphatic carbocycles. The Labute approximate surface area is 210 Å². The summed E-state index contributed by atoms with van der Waals surface area (Å²) in [4.78, 5) is 54.8. The zero-order chi connectivity index (χ0) is 25.1. The van der Waals surface area contributed by atoms with Crippen LogP contribution in [0.5, 0.6) is 5.75 Å². The molecule has 0 unspecified atom stereocenters. The molecule has 186 valence electrons. The number of anilines is 2. The van der Waals surface area contributed by atoms with Crippen molar-refractivity contribution in [2.24, 2.45) is 29.6 Å². The Morgan fingerprint density at radius 1 is 0.972 bits per heavy atom. The molecule has 2 aliphatic heterocycles. The van der Waals surface area contributed by atoms with Crippen molar-refractivity contribution >= 4 is 35.1 Å². The van der Waals surface area contributed by atoms with E-state index in [0.717, 1.165) is 31.4 Å². The smallest absolute Gasteiger partial charge is 0.316 e. The van der Waals surface area contributed by atoms with Crippen molar-refractivity contribution in [1.82, 2.24) is 0 Å². The molecule has 2 heterocycles. The minimum Gasteiger partial charge on any atom is -0.426 e. The number of hydrogen-bond donors (Lipinski definition) is 0. The average molecular weight is 487 g/mol. The highest BCUT2D eigenvalue weighted by atomic mass is 16.5. The number of carbonyl (C=O) groups is 4. The maximum absolute atomic E-state index is 13.2. The molecule has 0 radical (unpaired) electrons. The topological polar surface area (TPSA) is 84.0 Å². The first kappa shape index (κ1) is 23.0. The van der Waals surface area contributed by atoms with Crippen molar-refractivity contribution in [2.75, 3.05) is 16.3 Å². The van der Waals surface area contributed by atoms with Crippen molar-refractivity contribution in [3.8, 4) is 5.75 Å². The number of carbonyl (C=O) groups excluding carboxylic acids is 4. The number of fused-ring (bicyclic) bond motifs is 5. The number of hydrogen-bond acceptors (Lipinski definition) is 5. The lowest BCUT2D eigenvalue weighted by atomic mass is 9.81. The van der Waals surface area contributed by atoms with E-state index in [-0.39, 0.29) is 42.5 Å². The van der Waals surface area contributed by atoms with E-state index in [1.165, 1.54) is 10.5 Å². The number of esters is 1. The zero-order valence-corrected chi connectivity index (χ0v) is 20.6. The molecule has 4 aliphatic rings. The van der Waals surface area contributed by atoms with Crippen LogP contribution in [0.2, 0.25) is 0 Å². The summed E-state index contributed by atoms with van der Waals surface area (Å²) in [7, 11) is 0. The first-order valence-corrected chi connectivity index (χ1v) is 12.9. The molecule has 7 nitrogen and oxygen atoms in total. The van der Waals surface area contributed by atoms with Gasteiger partial charge in [-0.25, -0.2) is 4.90 Å². The van der Waals surface area contributed by atoms with E-state index >= 15 is 0 Å². The van der Waals surface area contributed by atoms with Crippen LogP contribution in [-0.4, -0.2) is 30.2 Å². The highest BCUT2D eigenvalue weighted by Crippen LogP contribution is 2.56. The second-order valence-corrected chi connectivity index (χ2v) is 10.7. The molecule has 0 spiro atoms. The SMILES string of the molecule is CCc1ccc(N2C[C@H](C(=O)Oc3ccc(N4C(=O)[C@H]5[C@H]6CC[C@@H](C6)[C@@H]5C4=O)c(C)c3)CC2=O)cc1. The minimum absolute atomic E-state index is 0.0819. The lowest BCUT2D eigenvalue weighted by Crippen LogP contribution is -2.33. The molecule has 36 heavy (non-hydrogen) atoms. The van der Waals surface area contributed by atoms with Gasteiger partial charge in [-0.3, -0.25) is 19.2 Å². The van der Waals surface area contributed by atoms with Gasteiger partial charge in [0.15, 0.2) is 0 Å². The molecular weight excluding hydrogens is 456 g/mol. The Kier molecular flexibility index (Phi) is 5.47. The maximum Gasteiger partial charge on any atom is 0.316 e. The van der Waals surface area contributed by atoms with E-state index in [4.69, 9.17) is 4.74 Å². The van der Waals surface area contributed by atoms with E-state index in [0.29, 0.717) is 28.8 Å². The highest BCUT2D eigenvalue weighted by Gasteiger charge is 2.61. The van der Waals surface area contributed by atoms with Crippen LogP contribution in [0.15, 0.2) is 42.5 Å². The lowest BCUT2D eigenvalue weighted by Gasteiger charge is -2.20. The number of amides is 3. The highest BCUT2D eigenvalue weighted by molar-refractivity contribution is 6.23. The van der Waals surface area contributed by atoms with Crippen LogP contribution in [-0.2, 0) is 25.6 Å². The number of rotatable bonds is 5. The first-order valence-electron chi connectivity index (χ1n) is 12.9. The summed E-state index contributed by atoms with van der Waals surface area (Å²) in [6, 6.07) is 12.8. The standard InChI is InChI=1S/C29H30N2O5/c1-3-17-4-8-21(9-5-17)30-15-20(14-24(30)32)29(35)36-22-10-11-23(16(2)12-22)31-27(33)25-18-6-7-19(13-18)26(25)28(31)34/h4-5,8-12,18-20,25-26H,3,6-7,13-15H2,1-2H3/t18-,19-,20+,25-,26-/m0/s1. The molecular formula is C29H30N2O5. The third kappa shape index (κ3) is 3.55. The predicted molar refractivity (Wildman–Crippen MR) is 133 cm³/mol. The van der Waals surface area contributed by atoms with Gasteiger partial charge in [0.1, 0.15) is 5.75 Å². The van der Waals surface area contributed by atoms with Crippen LogP contribution < -0.4 is 14.5 Å². The Hall–Kier alpha value is -3.48. The second kappa shape index (κ2) is 8.57. The third-order valence-corrected chi connectivity index (χ3v) is 8.67. The molecule has 0 N–H and O–H groups in total. The quantitative estimate of drug-likeness (QED) is 0.362. The van der Waals surface area contributed by atoms with E-state index < -0.39 is 11.9 Å². The molecule has 4 fully saturated rings. The van der Waals surface area contributed by atoms with E-state index in [1.54, 1.807) is 23.1 Å². The molecule has 7 heteroatoms. The third-order valence-electron chi connectivity index (χ3n) is 8.67. The second-order valence-electron chi connectivity index (χ2n) is 10.7. The summed E-state index contributed by atoms with van der Waals surface area (Å²) in [5.41, 5.74) is 3.24. The molecule has 2 aromatic carbocycles. The van der Waals surface area contributed by atoms with Crippen LogP contribution in [0.1, 0.15) is 43.7 Å². The molecule has 0 aromatic heterocycles. The zero-order valence-electron chi connectivity index (χ0n) is 20.6. The van der Waals surface area contributed by atoms with Gasteiger partial charge in [0, 0.05) is 18.7 Å². The summed E-state index contributed by atoms with van der Waals surface area (Å²) in [6.45, 7) is 4.17. The summed E-state index contributed by atoms with van der Waals surface area (Å²) >= 11 is 0. The minimum atomic E-state index is -0.556. The van der Waals surface area contributed by atoms with Gasteiger partial charge in [-0.2, -0.15) is 0 Å². The molecule has 2 saturated carbocycles. The van der Waals surface area contributed by atoms with Crippen LogP contribution >= 0.6 is 0 Å². The fourth-order valence-corrected chi connectivity index (χ4v) is 6.81. The van der Waals surface area contributed by atoms with Crippen LogP contribution in [0.25, 0.3) is 0 Å². The maximum atomic E-state index is 13.2. The molecule has 5 atom stereocenters. The Balaban J connectivity index is 1.14. The molecule has 2 aromatic rings. The van der Waals surface area contributed by atoms with Gasteiger partial charge < -0.3 is 9.64 Å². The average Bonchev–Trinajstić information content (AvgIpc) is 3.64. The van der Waals surface area contributed by atoms with Gasteiger partial charge in [0.25, 0.3) is 0 Å². The fraction of sp³-hybridized carbons (Fsp3) is 0.448. The van der Waals surface area contributed by atoms with Crippen molar-refractivity contribution < 1.29 is 23.9 Å². The first-order chi connectivity index (χ1) is 17.4. The Bertz CT molecular complexity index is 1240. The normalized spacial score (nSPS) is 28.8. The van der Waals surface area contributed by atoms with Gasteiger partial charge in [-0.15, -0.1) is 0 Å². The largest absolute Gasteiger partial charge is 0.426 e. The molecule has 2 saturated heterocycles. The van der Waals surface area contributed by atoms with Gasteiger partial charge in [0.2, 0.25) is 17.7 Å². The number of benzene rings is 2. The summed E-state index contributed by atoms with van der Waals surface area (Å²) in [6.07, 6.45) is 4.10. The van der Waals surface area contributed by atoms with Crippen molar-refractivity contribution in [3.05, 3.63) is 53.6 Å². The number of ether oxygens (including phenoxy) is 1. The summed E-state index contributed by atoms with van der Waals surface area (Å²) < 4.78 is 5.63. The number of imide groups is 1. The molecule has 2 bridgehead atoms. The van der Waals surface area contributed by atoms with Crippen LogP contribution in [0.4, 0.5) is 11.4 Å². The fourth-order valence-electron chi connectivity index (χ4n) is 6.81. The van der Waals surface area contributed by atoms with Crippen molar-refractivity contribution in [1.29, 1.82) is 0 Å². The number of nitrogens with zero attached hydrogens (tertiary/aromatic N) is 2. The van der Waals surface area contributed by atoms with Gasteiger partial charge in [0.05, 0.1) is 23.4 Å². The summed E-state index contributed by atoms with van der Waals surface area (Å²) in [5.74, 6) is -0.605. The van der Waals surface area contributed by atoms with Gasteiger partial charge in [-0.1, -0.05) is 19.1 Å². The number of aryl methyl sites for hydroxylation is 2. The van der Waals surface area contributed by atoms with Crippen LogP contribution in [0.3, 0.4) is 0 Å². The molecule has 3 amide bonds. The van der Waals surface area contributed by atoms with E-state index in [2.05, 4.69) is 6.92 Å². The van der Waals surface area contributed by atoms with Crippen LogP contribution in [0, 0.1) is 36.5 Å². The van der Waals surface area contributed by atoms with E-state index in [1.807, 2.05) is 31.2 Å². The monoisotopic (exact) mass is 486 g/mol. The van der Waals surface area contributed by atoms with E-state index in [9.17, 15) is 19.2 Å². The predicted octanol–water partition coefficient (Wildman–Crippen LogP) is 4.05. The van der Waals surface area contributed by atoms with Crippen molar-refractivity contribution in [2.45, 2.75) is 46.0 Å². The Morgan fingerprint density at radius 2 is 1.64 bits per heavy atom. The lowest BCUT2D eigenvalue weighted by molar-refractivity contribution is -0.139.